The lowest BCUT2D eigenvalue weighted by molar-refractivity contribution is -0.139. The predicted molar refractivity (Wildman–Crippen MR) is 81.0 cm³/mol. The predicted octanol–water partition coefficient (Wildman–Crippen LogP) is 2.71. The first-order chi connectivity index (χ1) is 9.60. The number of rotatable bonds is 8. The second-order valence-electron chi connectivity index (χ2n) is 5.98. The molecule has 0 saturated carbocycles. The number of nitrogens with zero attached hydrogens (tertiary/aromatic N) is 1. The van der Waals surface area contributed by atoms with E-state index in [9.17, 15) is 9.59 Å². The molecule has 1 fully saturated rings. The highest BCUT2D eigenvalue weighted by molar-refractivity contribution is 5.80. The Kier molecular flexibility index (Phi) is 7.63. The average Bonchev–Trinajstić information content (AvgIpc) is 2.46. The fourth-order valence-corrected chi connectivity index (χ4v) is 3.02. The van der Waals surface area contributed by atoms with Crippen molar-refractivity contribution in [1.82, 2.24) is 4.90 Å². The number of likely N-dealkylation sites (tertiary alicyclic amines) is 1. The van der Waals surface area contributed by atoms with Crippen molar-refractivity contribution in [2.45, 2.75) is 65.2 Å². The Bertz CT molecular complexity index is 310. The van der Waals surface area contributed by atoms with Crippen LogP contribution in [0.2, 0.25) is 0 Å². The lowest BCUT2D eigenvalue weighted by Crippen LogP contribution is -2.44. The van der Waals surface area contributed by atoms with E-state index in [1.807, 2.05) is 4.90 Å². The van der Waals surface area contributed by atoms with Crippen molar-refractivity contribution < 1.29 is 9.59 Å². The fourth-order valence-electron chi connectivity index (χ4n) is 3.02. The van der Waals surface area contributed by atoms with Crippen molar-refractivity contribution in [3.05, 3.63) is 0 Å². The van der Waals surface area contributed by atoms with Crippen molar-refractivity contribution >= 4 is 11.8 Å². The van der Waals surface area contributed by atoms with Gasteiger partial charge in [0, 0.05) is 24.9 Å². The SMILES string of the molecule is CCCCCC(CCC)C(=O)N1CCC(C(N)=O)CC1. The third kappa shape index (κ3) is 5.14. The molecule has 116 valence electrons. The molecule has 0 aliphatic carbocycles. The van der Waals surface area contributed by atoms with E-state index >= 15 is 0 Å². The van der Waals surface area contributed by atoms with E-state index in [2.05, 4.69) is 13.8 Å². The van der Waals surface area contributed by atoms with E-state index in [1.54, 1.807) is 0 Å². The standard InChI is InChI=1S/C16H30N2O2/c1-3-5-6-8-14(7-4-2)16(20)18-11-9-13(10-12-18)15(17)19/h13-14H,3-12H2,1-2H3,(H2,17,19). The van der Waals surface area contributed by atoms with Gasteiger partial charge in [-0.25, -0.2) is 0 Å². The van der Waals surface area contributed by atoms with Crippen LogP contribution in [0.25, 0.3) is 0 Å². The van der Waals surface area contributed by atoms with Crippen LogP contribution < -0.4 is 5.73 Å². The molecule has 4 heteroatoms. The molecule has 2 amide bonds. The average molecular weight is 282 g/mol. The Morgan fingerprint density at radius 2 is 1.75 bits per heavy atom. The minimum Gasteiger partial charge on any atom is -0.369 e. The zero-order valence-electron chi connectivity index (χ0n) is 13.1. The minimum absolute atomic E-state index is 0.0382. The normalized spacial score (nSPS) is 18.0. The van der Waals surface area contributed by atoms with Gasteiger partial charge in [0.05, 0.1) is 0 Å². The minimum atomic E-state index is -0.217. The Labute approximate surface area is 123 Å². The van der Waals surface area contributed by atoms with Gasteiger partial charge in [-0.1, -0.05) is 39.5 Å². The molecule has 1 atom stereocenters. The molecule has 1 aliphatic heterocycles. The van der Waals surface area contributed by atoms with Crippen LogP contribution in [0.1, 0.15) is 65.2 Å². The van der Waals surface area contributed by atoms with E-state index in [4.69, 9.17) is 5.73 Å². The summed E-state index contributed by atoms with van der Waals surface area (Å²) in [4.78, 5) is 25.7. The van der Waals surface area contributed by atoms with Crippen LogP contribution in [-0.2, 0) is 9.59 Å². The number of hydrogen-bond acceptors (Lipinski definition) is 2. The molecule has 2 N–H and O–H groups in total. The van der Waals surface area contributed by atoms with Crippen LogP contribution in [0.3, 0.4) is 0 Å². The van der Waals surface area contributed by atoms with Crippen LogP contribution in [0.15, 0.2) is 0 Å². The monoisotopic (exact) mass is 282 g/mol. The quantitative estimate of drug-likeness (QED) is 0.696. The Balaban J connectivity index is 2.46. The zero-order chi connectivity index (χ0) is 15.0. The topological polar surface area (TPSA) is 63.4 Å². The van der Waals surface area contributed by atoms with Gasteiger partial charge in [-0.15, -0.1) is 0 Å². The molecule has 1 unspecified atom stereocenters. The summed E-state index contributed by atoms with van der Waals surface area (Å²) in [6.07, 6.45) is 8.05. The van der Waals surface area contributed by atoms with E-state index < -0.39 is 0 Å². The van der Waals surface area contributed by atoms with Gasteiger partial charge in [-0.3, -0.25) is 9.59 Å². The Morgan fingerprint density at radius 3 is 2.25 bits per heavy atom. The molecule has 20 heavy (non-hydrogen) atoms. The van der Waals surface area contributed by atoms with Crippen LogP contribution in [-0.4, -0.2) is 29.8 Å². The molecular weight excluding hydrogens is 252 g/mol. The Hall–Kier alpha value is -1.06. The lowest BCUT2D eigenvalue weighted by Gasteiger charge is -2.33. The van der Waals surface area contributed by atoms with Crippen molar-refractivity contribution in [3.63, 3.8) is 0 Å². The van der Waals surface area contributed by atoms with Gasteiger partial charge < -0.3 is 10.6 Å². The number of hydrogen-bond donors (Lipinski definition) is 1. The van der Waals surface area contributed by atoms with Crippen LogP contribution in [0.4, 0.5) is 0 Å². The zero-order valence-corrected chi connectivity index (χ0v) is 13.1. The van der Waals surface area contributed by atoms with Crippen molar-refractivity contribution in [2.24, 2.45) is 17.6 Å². The first-order valence-electron chi connectivity index (χ1n) is 8.18. The van der Waals surface area contributed by atoms with Crippen LogP contribution >= 0.6 is 0 Å². The molecule has 4 nitrogen and oxygen atoms in total. The summed E-state index contributed by atoms with van der Waals surface area (Å²) in [6, 6.07) is 0. The highest BCUT2D eigenvalue weighted by Crippen LogP contribution is 2.23. The van der Waals surface area contributed by atoms with Crippen molar-refractivity contribution in [3.8, 4) is 0 Å². The van der Waals surface area contributed by atoms with Gasteiger partial charge in [0.2, 0.25) is 11.8 Å². The molecule has 1 aliphatic rings. The smallest absolute Gasteiger partial charge is 0.225 e. The number of unbranched alkanes of at least 4 members (excludes halogenated alkanes) is 2. The maximum absolute atomic E-state index is 12.6. The lowest BCUT2D eigenvalue weighted by atomic mass is 9.92. The molecule has 1 heterocycles. The number of piperidine rings is 1. The van der Waals surface area contributed by atoms with Crippen LogP contribution in [0.5, 0.6) is 0 Å². The number of nitrogens with two attached hydrogens (primary N) is 1. The highest BCUT2D eigenvalue weighted by atomic mass is 16.2. The molecule has 0 aromatic rings. The van der Waals surface area contributed by atoms with Gasteiger partial charge >= 0.3 is 0 Å². The Morgan fingerprint density at radius 1 is 1.10 bits per heavy atom. The largest absolute Gasteiger partial charge is 0.369 e. The summed E-state index contributed by atoms with van der Waals surface area (Å²) >= 11 is 0. The van der Waals surface area contributed by atoms with E-state index in [0.717, 1.165) is 38.5 Å². The molecule has 1 saturated heterocycles. The molecule has 0 aromatic carbocycles. The molecule has 0 aromatic heterocycles. The number of primary amides is 1. The molecule has 1 rings (SSSR count). The first-order valence-corrected chi connectivity index (χ1v) is 8.18. The maximum atomic E-state index is 12.6. The van der Waals surface area contributed by atoms with Gasteiger partial charge in [-0.05, 0) is 25.7 Å². The number of carbonyl (C=O) groups excluding carboxylic acids is 2. The van der Waals surface area contributed by atoms with E-state index in [-0.39, 0.29) is 17.7 Å². The number of carbonyl (C=O) groups is 2. The summed E-state index contributed by atoms with van der Waals surface area (Å²) in [5.41, 5.74) is 5.33. The molecule has 0 radical (unpaired) electrons. The van der Waals surface area contributed by atoms with Crippen molar-refractivity contribution in [2.75, 3.05) is 13.1 Å². The van der Waals surface area contributed by atoms with Crippen molar-refractivity contribution in [1.29, 1.82) is 0 Å². The molecular formula is C16H30N2O2. The van der Waals surface area contributed by atoms with Gasteiger partial charge in [0.1, 0.15) is 0 Å². The summed E-state index contributed by atoms with van der Waals surface area (Å²) < 4.78 is 0. The summed E-state index contributed by atoms with van der Waals surface area (Å²) in [6.45, 7) is 5.71. The van der Waals surface area contributed by atoms with Gasteiger partial charge in [0.25, 0.3) is 0 Å². The molecule has 0 bridgehead atoms. The van der Waals surface area contributed by atoms with E-state index in [1.165, 1.54) is 12.8 Å². The summed E-state index contributed by atoms with van der Waals surface area (Å²) in [5.74, 6) is 0.219. The van der Waals surface area contributed by atoms with Crippen LogP contribution in [0, 0.1) is 11.8 Å². The second-order valence-corrected chi connectivity index (χ2v) is 5.98. The second kappa shape index (κ2) is 8.98. The summed E-state index contributed by atoms with van der Waals surface area (Å²) in [7, 11) is 0. The maximum Gasteiger partial charge on any atom is 0.225 e. The highest BCUT2D eigenvalue weighted by Gasteiger charge is 2.29. The molecule has 0 spiro atoms. The summed E-state index contributed by atoms with van der Waals surface area (Å²) in [5, 5.41) is 0. The number of amides is 2. The van der Waals surface area contributed by atoms with Gasteiger partial charge in [0.15, 0.2) is 0 Å². The van der Waals surface area contributed by atoms with E-state index in [0.29, 0.717) is 19.0 Å². The third-order valence-electron chi connectivity index (χ3n) is 4.35. The first kappa shape index (κ1) is 17.0. The fraction of sp³-hybridized carbons (Fsp3) is 0.875. The third-order valence-corrected chi connectivity index (χ3v) is 4.35. The van der Waals surface area contributed by atoms with Gasteiger partial charge in [-0.2, -0.15) is 0 Å².